The molecule has 3 heteroatoms. The number of allylic oxidation sites excluding steroid dienone is 1. The van der Waals surface area contributed by atoms with E-state index in [1.807, 2.05) is 18.2 Å². The largest absolute Gasteiger partial charge is 0.508 e. The van der Waals surface area contributed by atoms with Crippen LogP contribution in [0.25, 0.3) is 5.57 Å². The summed E-state index contributed by atoms with van der Waals surface area (Å²) in [4.78, 5) is 0. The van der Waals surface area contributed by atoms with E-state index < -0.39 is 0 Å². The van der Waals surface area contributed by atoms with Crippen molar-refractivity contribution in [2.24, 2.45) is 0 Å². The van der Waals surface area contributed by atoms with Gasteiger partial charge in [-0.3, -0.25) is 0 Å². The van der Waals surface area contributed by atoms with Crippen LogP contribution in [0, 0.1) is 0 Å². The predicted molar refractivity (Wildman–Crippen MR) is 98.2 cm³/mol. The van der Waals surface area contributed by atoms with E-state index in [4.69, 9.17) is 4.74 Å². The number of phenolic OH excluding ortho intramolecular Hbond substituents is 1. The van der Waals surface area contributed by atoms with Crippen molar-refractivity contribution in [1.29, 1.82) is 0 Å². The maximum absolute atomic E-state index is 9.52. The van der Waals surface area contributed by atoms with Crippen molar-refractivity contribution in [2.45, 2.75) is 39.2 Å². The van der Waals surface area contributed by atoms with Crippen molar-refractivity contribution in [3.05, 3.63) is 63.6 Å². The molecule has 2 aromatic rings. The van der Waals surface area contributed by atoms with E-state index in [-0.39, 0.29) is 11.4 Å². The highest BCUT2D eigenvalue weighted by Crippen LogP contribution is 2.40. The topological polar surface area (TPSA) is 29.5 Å². The quantitative estimate of drug-likeness (QED) is 0.735. The molecule has 0 heterocycles. The maximum Gasteiger partial charge on any atom is 0.120 e. The van der Waals surface area contributed by atoms with Gasteiger partial charge in [0.05, 0.1) is 0 Å². The molecule has 0 bridgehead atoms. The summed E-state index contributed by atoms with van der Waals surface area (Å²) in [5.74, 6) is 1.20. The first kappa shape index (κ1) is 16.1. The lowest BCUT2D eigenvalue weighted by Crippen LogP contribution is -2.23. The van der Waals surface area contributed by atoms with E-state index in [1.54, 1.807) is 12.1 Å². The van der Waals surface area contributed by atoms with E-state index in [1.165, 1.54) is 21.2 Å². The molecule has 0 fully saturated rings. The summed E-state index contributed by atoms with van der Waals surface area (Å²) in [6, 6.07) is 13.7. The van der Waals surface area contributed by atoms with Crippen molar-refractivity contribution in [1.82, 2.24) is 0 Å². The summed E-state index contributed by atoms with van der Waals surface area (Å²) in [5, 5.41) is 9.52. The Labute approximate surface area is 145 Å². The Bertz CT molecular complexity index is 752. The van der Waals surface area contributed by atoms with Gasteiger partial charge in [0.2, 0.25) is 0 Å². The van der Waals surface area contributed by atoms with E-state index in [9.17, 15) is 5.11 Å². The van der Waals surface area contributed by atoms with Gasteiger partial charge >= 0.3 is 0 Å². The van der Waals surface area contributed by atoms with Crippen molar-refractivity contribution in [3.8, 4) is 11.5 Å². The molecule has 0 amide bonds. The number of aromatic hydroxyl groups is 1. The average Bonchev–Trinajstić information content (AvgIpc) is 2.47. The highest BCUT2D eigenvalue weighted by molar-refractivity contribution is 9.11. The monoisotopic (exact) mass is 372 g/mol. The van der Waals surface area contributed by atoms with Gasteiger partial charge in [0.25, 0.3) is 0 Å². The van der Waals surface area contributed by atoms with Gasteiger partial charge in [0, 0.05) is 4.48 Å². The number of aryl methyl sites for hydroxylation is 1. The first-order valence-corrected chi connectivity index (χ1v) is 8.63. The summed E-state index contributed by atoms with van der Waals surface area (Å²) >= 11 is 3.73. The van der Waals surface area contributed by atoms with Crippen LogP contribution in [-0.4, -0.2) is 10.7 Å². The highest BCUT2D eigenvalue weighted by Gasteiger charge is 2.21. The molecule has 120 valence electrons. The van der Waals surface area contributed by atoms with Gasteiger partial charge in [-0.25, -0.2) is 0 Å². The van der Waals surface area contributed by atoms with Gasteiger partial charge in [0.15, 0.2) is 0 Å². The summed E-state index contributed by atoms with van der Waals surface area (Å²) in [7, 11) is 0. The molecule has 0 atom stereocenters. The summed E-state index contributed by atoms with van der Waals surface area (Å²) in [6.45, 7) is 6.18. The average molecular weight is 373 g/mol. The lowest BCUT2D eigenvalue weighted by Gasteiger charge is -2.25. The van der Waals surface area contributed by atoms with Crippen LogP contribution >= 0.6 is 15.9 Å². The fraction of sp³-hybridized carbons (Fsp3) is 0.300. The molecule has 0 saturated carbocycles. The van der Waals surface area contributed by atoms with Crippen LogP contribution in [0.5, 0.6) is 11.5 Å². The minimum absolute atomic E-state index is 0.195. The molecule has 0 radical (unpaired) electrons. The lowest BCUT2D eigenvalue weighted by molar-refractivity contribution is 0.131. The molecule has 0 aromatic heterocycles. The molecule has 1 aliphatic carbocycles. The summed E-state index contributed by atoms with van der Waals surface area (Å²) in [5.41, 5.74) is 4.65. The molecule has 23 heavy (non-hydrogen) atoms. The number of benzene rings is 2. The van der Waals surface area contributed by atoms with Crippen LogP contribution < -0.4 is 4.74 Å². The number of hydrogen-bond acceptors (Lipinski definition) is 2. The van der Waals surface area contributed by atoms with Crippen LogP contribution in [0.1, 0.15) is 43.9 Å². The fourth-order valence-electron chi connectivity index (χ4n) is 2.89. The third-order valence-electron chi connectivity index (χ3n) is 3.81. The third-order valence-corrected chi connectivity index (χ3v) is 4.60. The zero-order valence-electron chi connectivity index (χ0n) is 13.7. The minimum atomic E-state index is -0.195. The molecule has 3 rings (SSSR count). The number of fused-ring (bicyclic) bond motifs is 1. The standard InChI is InChI=1S/C20H21BrO2/c1-20(2,3)23-16-9-10-17-14(12-16)6-11-18(21)19(17)13-4-7-15(22)8-5-13/h4-5,7-10,12,22H,6,11H2,1-3H3. The normalized spacial score (nSPS) is 14.6. The molecule has 0 saturated heterocycles. The Morgan fingerprint density at radius 1 is 1.00 bits per heavy atom. The molecular weight excluding hydrogens is 352 g/mol. The van der Waals surface area contributed by atoms with Crippen molar-refractivity contribution >= 4 is 21.5 Å². The van der Waals surface area contributed by atoms with Gasteiger partial charge in [-0.1, -0.05) is 34.1 Å². The molecule has 0 spiro atoms. The Hall–Kier alpha value is -1.74. The Balaban J connectivity index is 2.02. The van der Waals surface area contributed by atoms with E-state index in [0.29, 0.717) is 0 Å². The molecule has 0 aliphatic heterocycles. The second-order valence-corrected chi connectivity index (χ2v) is 7.82. The predicted octanol–water partition coefficient (Wildman–Crippen LogP) is 5.67. The number of hydrogen-bond donors (Lipinski definition) is 1. The number of ether oxygens (including phenoxy) is 1. The van der Waals surface area contributed by atoms with Crippen molar-refractivity contribution in [2.75, 3.05) is 0 Å². The van der Waals surface area contributed by atoms with Crippen molar-refractivity contribution < 1.29 is 9.84 Å². The first-order valence-electron chi connectivity index (χ1n) is 7.84. The van der Waals surface area contributed by atoms with Gasteiger partial charge in [0.1, 0.15) is 17.1 Å². The van der Waals surface area contributed by atoms with Crippen LogP contribution in [0.15, 0.2) is 46.9 Å². The van der Waals surface area contributed by atoms with Crippen LogP contribution in [0.3, 0.4) is 0 Å². The van der Waals surface area contributed by atoms with Gasteiger partial charge in [-0.15, -0.1) is 0 Å². The number of rotatable bonds is 2. The summed E-state index contributed by atoms with van der Waals surface area (Å²) < 4.78 is 7.20. The highest BCUT2D eigenvalue weighted by atomic mass is 79.9. The minimum Gasteiger partial charge on any atom is -0.508 e. The van der Waals surface area contributed by atoms with Crippen LogP contribution in [0.4, 0.5) is 0 Å². The molecular formula is C20H21BrO2. The van der Waals surface area contributed by atoms with Crippen LogP contribution in [-0.2, 0) is 6.42 Å². The van der Waals surface area contributed by atoms with Gasteiger partial charge < -0.3 is 9.84 Å². The SMILES string of the molecule is CC(C)(C)Oc1ccc2c(c1)CCC(Br)=C2c1ccc(O)cc1. The Morgan fingerprint density at radius 3 is 2.35 bits per heavy atom. The second-order valence-electron chi connectivity index (χ2n) is 6.86. The molecule has 0 unspecified atom stereocenters. The van der Waals surface area contributed by atoms with Gasteiger partial charge in [-0.2, -0.15) is 0 Å². The van der Waals surface area contributed by atoms with Crippen LogP contribution in [0.2, 0.25) is 0 Å². The smallest absolute Gasteiger partial charge is 0.120 e. The Morgan fingerprint density at radius 2 is 1.70 bits per heavy atom. The molecule has 2 aromatic carbocycles. The van der Waals surface area contributed by atoms with Gasteiger partial charge in [-0.05, 0) is 80.1 Å². The maximum atomic E-state index is 9.52. The molecule has 1 N–H and O–H groups in total. The van der Waals surface area contributed by atoms with E-state index in [0.717, 1.165) is 24.2 Å². The first-order chi connectivity index (χ1) is 10.8. The Kier molecular flexibility index (Phi) is 4.24. The summed E-state index contributed by atoms with van der Waals surface area (Å²) in [6.07, 6.45) is 1.97. The molecule has 1 aliphatic rings. The lowest BCUT2D eigenvalue weighted by atomic mass is 9.87. The number of halogens is 1. The second kappa shape index (κ2) is 6.04. The zero-order chi connectivity index (χ0) is 16.6. The molecule has 2 nitrogen and oxygen atoms in total. The zero-order valence-corrected chi connectivity index (χ0v) is 15.3. The van der Waals surface area contributed by atoms with Crippen molar-refractivity contribution in [3.63, 3.8) is 0 Å². The third kappa shape index (κ3) is 3.61. The fourth-order valence-corrected chi connectivity index (χ4v) is 3.53. The van der Waals surface area contributed by atoms with E-state index >= 15 is 0 Å². The number of phenols is 1. The van der Waals surface area contributed by atoms with E-state index in [2.05, 4.69) is 48.8 Å².